The van der Waals surface area contributed by atoms with Crippen molar-refractivity contribution in [2.45, 2.75) is 18.9 Å². The number of ether oxygens (including phenoxy) is 1. The van der Waals surface area contributed by atoms with Gasteiger partial charge in [-0.15, -0.1) is 0 Å². The van der Waals surface area contributed by atoms with Gasteiger partial charge in [-0.3, -0.25) is 0 Å². The van der Waals surface area contributed by atoms with Crippen molar-refractivity contribution in [3.8, 4) is 5.75 Å². The predicted octanol–water partition coefficient (Wildman–Crippen LogP) is 1.23. The highest BCUT2D eigenvalue weighted by molar-refractivity contribution is 5.48. The second kappa shape index (κ2) is 5.89. The van der Waals surface area contributed by atoms with Gasteiger partial charge in [-0.25, -0.2) is 0 Å². The summed E-state index contributed by atoms with van der Waals surface area (Å²) in [5.41, 5.74) is 5.79. The molecule has 0 aromatic heterocycles. The quantitative estimate of drug-likeness (QED) is 0.782. The van der Waals surface area contributed by atoms with Crippen LogP contribution in [0.25, 0.3) is 0 Å². The molecule has 4 heteroatoms. The highest BCUT2D eigenvalue weighted by Crippen LogP contribution is 2.19. The lowest BCUT2D eigenvalue weighted by Gasteiger charge is -2.26. The van der Waals surface area contributed by atoms with Gasteiger partial charge in [0.2, 0.25) is 0 Å². The molecule has 0 fully saturated rings. The molecule has 1 rings (SSSR count). The Hall–Kier alpha value is -1.26. The van der Waals surface area contributed by atoms with Crippen molar-refractivity contribution in [3.05, 3.63) is 24.3 Å². The van der Waals surface area contributed by atoms with Crippen LogP contribution in [-0.2, 0) is 0 Å². The van der Waals surface area contributed by atoms with Crippen LogP contribution in [0.2, 0.25) is 0 Å². The Labute approximate surface area is 103 Å². The molecule has 1 atom stereocenters. The van der Waals surface area contributed by atoms with Crippen LogP contribution in [-0.4, -0.2) is 38.0 Å². The van der Waals surface area contributed by atoms with Crippen molar-refractivity contribution < 1.29 is 9.84 Å². The van der Waals surface area contributed by atoms with Crippen molar-refractivity contribution >= 4 is 5.69 Å². The molecular weight excluding hydrogens is 216 g/mol. The molecule has 0 saturated carbocycles. The smallest absolute Gasteiger partial charge is 0.119 e. The van der Waals surface area contributed by atoms with Crippen molar-refractivity contribution in [1.82, 2.24) is 0 Å². The molecule has 0 aliphatic rings. The van der Waals surface area contributed by atoms with Gasteiger partial charge in [0.15, 0.2) is 0 Å². The molecule has 1 unspecified atom stereocenters. The van der Waals surface area contributed by atoms with E-state index in [4.69, 9.17) is 10.5 Å². The highest BCUT2D eigenvalue weighted by atomic mass is 16.5. The Morgan fingerprint density at radius 3 is 2.41 bits per heavy atom. The molecule has 0 amide bonds. The Morgan fingerprint density at radius 1 is 1.35 bits per heavy atom. The van der Waals surface area contributed by atoms with Crippen molar-refractivity contribution in [2.75, 3.05) is 32.1 Å². The van der Waals surface area contributed by atoms with E-state index in [2.05, 4.69) is 4.90 Å². The lowest BCUT2D eigenvalue weighted by atomic mass is 10.0. The maximum absolute atomic E-state index is 9.83. The van der Waals surface area contributed by atoms with E-state index in [1.807, 2.05) is 31.3 Å². The molecule has 0 radical (unpaired) electrons. The van der Waals surface area contributed by atoms with Crippen LogP contribution >= 0.6 is 0 Å². The lowest BCUT2D eigenvalue weighted by Crippen LogP contribution is -2.37. The van der Waals surface area contributed by atoms with Gasteiger partial charge in [0.25, 0.3) is 0 Å². The Balaban J connectivity index is 2.54. The van der Waals surface area contributed by atoms with E-state index in [9.17, 15) is 5.11 Å². The SMILES string of the molecule is COc1ccc(N(C)CCC(C)(O)CN)cc1. The number of hydrogen-bond donors (Lipinski definition) is 2. The number of anilines is 1. The van der Waals surface area contributed by atoms with E-state index in [1.165, 1.54) is 0 Å². The van der Waals surface area contributed by atoms with E-state index in [-0.39, 0.29) is 6.54 Å². The first kappa shape index (κ1) is 13.8. The zero-order valence-corrected chi connectivity index (χ0v) is 10.8. The summed E-state index contributed by atoms with van der Waals surface area (Å²) in [6, 6.07) is 7.84. The zero-order valence-electron chi connectivity index (χ0n) is 10.8. The van der Waals surface area contributed by atoms with E-state index < -0.39 is 5.60 Å². The van der Waals surface area contributed by atoms with E-state index in [0.717, 1.165) is 18.0 Å². The van der Waals surface area contributed by atoms with Gasteiger partial charge < -0.3 is 20.5 Å². The zero-order chi connectivity index (χ0) is 12.9. The van der Waals surface area contributed by atoms with E-state index >= 15 is 0 Å². The summed E-state index contributed by atoms with van der Waals surface area (Å²) < 4.78 is 5.11. The topological polar surface area (TPSA) is 58.7 Å². The van der Waals surface area contributed by atoms with Crippen LogP contribution in [0.1, 0.15) is 13.3 Å². The second-order valence-electron chi connectivity index (χ2n) is 4.57. The molecular formula is C13H22N2O2. The van der Waals surface area contributed by atoms with Crippen LogP contribution < -0.4 is 15.4 Å². The molecule has 17 heavy (non-hydrogen) atoms. The minimum Gasteiger partial charge on any atom is -0.497 e. The van der Waals surface area contributed by atoms with Crippen LogP contribution in [0, 0.1) is 0 Å². The molecule has 0 spiro atoms. The van der Waals surface area contributed by atoms with Gasteiger partial charge in [0, 0.05) is 25.8 Å². The fourth-order valence-electron chi connectivity index (χ4n) is 1.48. The molecule has 4 nitrogen and oxygen atoms in total. The van der Waals surface area contributed by atoms with E-state index in [1.54, 1.807) is 14.0 Å². The fourth-order valence-corrected chi connectivity index (χ4v) is 1.48. The molecule has 1 aromatic carbocycles. The van der Waals surface area contributed by atoms with Gasteiger partial charge in [0.1, 0.15) is 5.75 Å². The minimum absolute atomic E-state index is 0.281. The first-order chi connectivity index (χ1) is 7.98. The lowest BCUT2D eigenvalue weighted by molar-refractivity contribution is 0.0623. The summed E-state index contributed by atoms with van der Waals surface area (Å²) >= 11 is 0. The van der Waals surface area contributed by atoms with Gasteiger partial charge in [-0.2, -0.15) is 0 Å². The third-order valence-electron chi connectivity index (χ3n) is 2.94. The third-order valence-corrected chi connectivity index (χ3v) is 2.94. The predicted molar refractivity (Wildman–Crippen MR) is 70.6 cm³/mol. The first-order valence-electron chi connectivity index (χ1n) is 5.76. The fraction of sp³-hybridized carbons (Fsp3) is 0.538. The number of nitrogens with two attached hydrogens (primary N) is 1. The maximum atomic E-state index is 9.83. The second-order valence-corrected chi connectivity index (χ2v) is 4.57. The van der Waals surface area contributed by atoms with Gasteiger partial charge in [-0.1, -0.05) is 0 Å². The Kier molecular flexibility index (Phi) is 4.78. The average molecular weight is 238 g/mol. The standard InChI is InChI=1S/C13H22N2O2/c1-13(16,10-14)8-9-15(2)11-4-6-12(17-3)7-5-11/h4-7,16H,8-10,14H2,1-3H3. The number of benzene rings is 1. The highest BCUT2D eigenvalue weighted by Gasteiger charge is 2.18. The van der Waals surface area contributed by atoms with Crippen LogP contribution in [0.15, 0.2) is 24.3 Å². The van der Waals surface area contributed by atoms with E-state index in [0.29, 0.717) is 6.42 Å². The molecule has 0 aliphatic carbocycles. The molecule has 1 aromatic rings. The van der Waals surface area contributed by atoms with Crippen molar-refractivity contribution in [2.24, 2.45) is 5.73 Å². The van der Waals surface area contributed by atoms with Crippen LogP contribution in [0.4, 0.5) is 5.69 Å². The van der Waals surface area contributed by atoms with Crippen molar-refractivity contribution in [3.63, 3.8) is 0 Å². The molecule has 0 saturated heterocycles. The largest absolute Gasteiger partial charge is 0.497 e. The maximum Gasteiger partial charge on any atom is 0.119 e. The number of methoxy groups -OCH3 is 1. The van der Waals surface area contributed by atoms with Gasteiger partial charge >= 0.3 is 0 Å². The summed E-state index contributed by atoms with van der Waals surface area (Å²) in [6.45, 7) is 2.80. The average Bonchev–Trinajstić information content (AvgIpc) is 2.36. The van der Waals surface area contributed by atoms with Gasteiger partial charge in [-0.05, 0) is 37.6 Å². The monoisotopic (exact) mass is 238 g/mol. The van der Waals surface area contributed by atoms with Crippen LogP contribution in [0.3, 0.4) is 0 Å². The number of hydrogen-bond acceptors (Lipinski definition) is 4. The normalized spacial score (nSPS) is 14.2. The molecule has 0 bridgehead atoms. The third kappa shape index (κ3) is 4.24. The Bertz CT molecular complexity index is 336. The number of aliphatic hydroxyl groups is 1. The Morgan fingerprint density at radius 2 is 1.94 bits per heavy atom. The van der Waals surface area contributed by atoms with Gasteiger partial charge in [0.05, 0.1) is 12.7 Å². The molecule has 0 aliphatic heterocycles. The minimum atomic E-state index is -0.791. The summed E-state index contributed by atoms with van der Waals surface area (Å²) in [5, 5.41) is 9.83. The van der Waals surface area contributed by atoms with Crippen LogP contribution in [0.5, 0.6) is 5.75 Å². The summed E-state index contributed by atoms with van der Waals surface area (Å²) in [4.78, 5) is 2.09. The summed E-state index contributed by atoms with van der Waals surface area (Å²) in [6.07, 6.45) is 0.645. The number of rotatable bonds is 6. The number of nitrogens with zero attached hydrogens (tertiary/aromatic N) is 1. The van der Waals surface area contributed by atoms with Crippen molar-refractivity contribution in [1.29, 1.82) is 0 Å². The first-order valence-corrected chi connectivity index (χ1v) is 5.76. The molecule has 3 N–H and O–H groups in total. The summed E-state index contributed by atoms with van der Waals surface area (Å²) in [5.74, 6) is 0.844. The summed E-state index contributed by atoms with van der Waals surface area (Å²) in [7, 11) is 3.64. The molecule has 0 heterocycles. The molecule has 96 valence electrons.